The second-order valence-corrected chi connectivity index (χ2v) is 12.8. The lowest BCUT2D eigenvalue weighted by Gasteiger charge is -2.26. The highest BCUT2D eigenvalue weighted by molar-refractivity contribution is 7.90. The fraction of sp³-hybridized carbons (Fsp3) is 0.387. The summed E-state index contributed by atoms with van der Waals surface area (Å²) in [5.74, 6) is -2.70. The quantitative estimate of drug-likeness (QED) is 0.283. The standard InChI is InChI=1S/C27H32N4O7S.C4H4O4/c1-18(2)20-14-19(36-3)15-22-25(20)27(33)31(39(22,34)35)17-38-23-16-24(32)30-11-7-8-21(26(30)28-23)37-13-12-29-9-5-4-6-10-29;5-3(6)1-2-4(7)8/h7-8,11,14-16,18H,4-6,9-10,12-13,17H2,1-3H3;1-2H,(H,5,6)(H,7,8)/b;2-1+. The van der Waals surface area contributed by atoms with Crippen LogP contribution in [0.25, 0.3) is 5.65 Å². The number of likely N-dealkylation sites (tertiary alicyclic amines) is 1. The van der Waals surface area contributed by atoms with Crippen molar-refractivity contribution >= 4 is 33.5 Å². The van der Waals surface area contributed by atoms with Crippen molar-refractivity contribution in [2.75, 3.05) is 40.1 Å². The predicted octanol–water partition coefficient (Wildman–Crippen LogP) is 2.58. The number of fused-ring (bicyclic) bond motifs is 2. The van der Waals surface area contributed by atoms with Gasteiger partial charge in [-0.2, -0.15) is 9.29 Å². The van der Waals surface area contributed by atoms with Crippen LogP contribution in [0.2, 0.25) is 0 Å². The van der Waals surface area contributed by atoms with Crippen LogP contribution in [0.3, 0.4) is 0 Å². The van der Waals surface area contributed by atoms with Crippen molar-refractivity contribution in [1.82, 2.24) is 18.6 Å². The summed E-state index contributed by atoms with van der Waals surface area (Å²) < 4.78 is 45.4. The molecule has 1 fully saturated rings. The van der Waals surface area contributed by atoms with Crippen LogP contribution in [0.1, 0.15) is 54.9 Å². The van der Waals surface area contributed by atoms with Gasteiger partial charge in [-0.25, -0.2) is 18.0 Å². The number of carbonyl (C=O) groups excluding carboxylic acids is 1. The number of methoxy groups -OCH3 is 1. The van der Waals surface area contributed by atoms with E-state index < -0.39 is 40.2 Å². The molecule has 16 heteroatoms. The molecule has 0 radical (unpaired) electrons. The van der Waals surface area contributed by atoms with Gasteiger partial charge in [0.2, 0.25) is 5.88 Å². The molecule has 4 heterocycles. The first-order valence-electron chi connectivity index (χ1n) is 14.8. The van der Waals surface area contributed by atoms with Crippen LogP contribution in [0.15, 0.2) is 58.4 Å². The molecule has 1 amide bonds. The summed E-state index contributed by atoms with van der Waals surface area (Å²) in [6, 6.07) is 7.56. The molecule has 2 aliphatic heterocycles. The highest BCUT2D eigenvalue weighted by Gasteiger charge is 2.44. The fourth-order valence-electron chi connectivity index (χ4n) is 5.10. The van der Waals surface area contributed by atoms with Gasteiger partial charge in [-0.3, -0.25) is 18.9 Å². The van der Waals surface area contributed by atoms with Gasteiger partial charge >= 0.3 is 11.9 Å². The monoisotopic (exact) mass is 672 g/mol. The summed E-state index contributed by atoms with van der Waals surface area (Å²) in [7, 11) is -2.76. The van der Waals surface area contributed by atoms with Crippen LogP contribution in [-0.2, 0) is 19.6 Å². The maximum absolute atomic E-state index is 13.3. The lowest BCUT2D eigenvalue weighted by atomic mass is 9.96. The molecular formula is C31H36N4O11S. The number of benzene rings is 1. The normalized spacial score (nSPS) is 15.7. The van der Waals surface area contributed by atoms with Gasteiger partial charge in [-0.15, -0.1) is 0 Å². The number of amides is 1. The highest BCUT2D eigenvalue weighted by atomic mass is 32.2. The molecule has 0 unspecified atom stereocenters. The van der Waals surface area contributed by atoms with Crippen LogP contribution in [0.4, 0.5) is 0 Å². The van der Waals surface area contributed by atoms with Crippen molar-refractivity contribution in [1.29, 1.82) is 0 Å². The number of carboxylic acids is 2. The van der Waals surface area contributed by atoms with E-state index in [1.54, 1.807) is 24.4 Å². The lowest BCUT2D eigenvalue weighted by Crippen LogP contribution is -2.34. The Bertz CT molecular complexity index is 1830. The number of ether oxygens (including phenoxy) is 3. The zero-order chi connectivity index (χ0) is 34.3. The minimum atomic E-state index is -4.20. The van der Waals surface area contributed by atoms with Crippen LogP contribution in [0, 0.1) is 0 Å². The first-order chi connectivity index (χ1) is 22.3. The van der Waals surface area contributed by atoms with E-state index in [0.717, 1.165) is 25.7 Å². The van der Waals surface area contributed by atoms with Gasteiger partial charge in [0, 0.05) is 31.0 Å². The minimum Gasteiger partial charge on any atom is -0.497 e. The average molecular weight is 673 g/mol. The van der Waals surface area contributed by atoms with Crippen molar-refractivity contribution in [2.45, 2.75) is 43.9 Å². The van der Waals surface area contributed by atoms with Crippen molar-refractivity contribution in [2.24, 2.45) is 0 Å². The summed E-state index contributed by atoms with van der Waals surface area (Å²) in [5.41, 5.74) is 0.478. The molecule has 2 N–H and O–H groups in total. The molecule has 2 aliphatic rings. The molecule has 15 nitrogen and oxygen atoms in total. The van der Waals surface area contributed by atoms with Gasteiger partial charge in [0.25, 0.3) is 21.5 Å². The summed E-state index contributed by atoms with van der Waals surface area (Å²) in [6.45, 7) is 6.38. The van der Waals surface area contributed by atoms with E-state index in [4.69, 9.17) is 24.4 Å². The Balaban J connectivity index is 0.000000555. The molecule has 5 rings (SSSR count). The Hall–Kier alpha value is -4.96. The van der Waals surface area contributed by atoms with E-state index >= 15 is 0 Å². The third-order valence-electron chi connectivity index (χ3n) is 7.42. The number of carboxylic acid groups (broad SMARTS) is 2. The number of aromatic nitrogens is 2. The molecule has 0 saturated carbocycles. The molecule has 1 saturated heterocycles. The number of hydrogen-bond donors (Lipinski definition) is 2. The largest absolute Gasteiger partial charge is 0.497 e. The Kier molecular flexibility index (Phi) is 11.2. The van der Waals surface area contributed by atoms with Crippen molar-refractivity contribution in [3.8, 4) is 17.4 Å². The summed E-state index contributed by atoms with van der Waals surface area (Å²) >= 11 is 0. The molecule has 0 atom stereocenters. The number of hydrogen-bond acceptors (Lipinski definition) is 11. The molecule has 47 heavy (non-hydrogen) atoms. The average Bonchev–Trinajstić information content (AvgIpc) is 3.23. The van der Waals surface area contributed by atoms with Crippen LogP contribution in [-0.4, -0.2) is 95.1 Å². The van der Waals surface area contributed by atoms with Gasteiger partial charge in [0.05, 0.1) is 18.7 Å². The summed E-state index contributed by atoms with van der Waals surface area (Å²) in [5, 5.41) is 15.6. The first-order valence-corrected chi connectivity index (χ1v) is 16.2. The number of carbonyl (C=O) groups is 3. The van der Waals surface area contributed by atoms with Gasteiger partial charge in [-0.1, -0.05) is 20.3 Å². The maximum atomic E-state index is 13.3. The number of aliphatic carboxylic acids is 2. The van der Waals surface area contributed by atoms with E-state index in [2.05, 4.69) is 9.88 Å². The zero-order valence-corrected chi connectivity index (χ0v) is 26.9. The Morgan fingerprint density at radius 2 is 1.70 bits per heavy atom. The minimum absolute atomic E-state index is 0.102. The third-order valence-corrected chi connectivity index (χ3v) is 9.15. The highest BCUT2D eigenvalue weighted by Crippen LogP contribution is 2.38. The van der Waals surface area contributed by atoms with Crippen LogP contribution >= 0.6 is 0 Å². The van der Waals surface area contributed by atoms with Crippen LogP contribution < -0.4 is 19.8 Å². The van der Waals surface area contributed by atoms with Gasteiger partial charge < -0.3 is 24.4 Å². The number of sulfonamides is 1. The Morgan fingerprint density at radius 1 is 1.02 bits per heavy atom. The SMILES string of the molecule is COc1cc(C(C)C)c2c(c1)S(=O)(=O)N(COc1cc(=O)n3cccc(OCCN4CCCCC4)c3n1)C2=O.O=C(O)/C=C/C(=O)O. The van der Waals surface area contributed by atoms with Gasteiger partial charge in [-0.05, 0) is 55.6 Å². The van der Waals surface area contributed by atoms with Crippen molar-refractivity contribution < 1.29 is 47.2 Å². The third kappa shape index (κ3) is 8.26. The maximum Gasteiger partial charge on any atom is 0.328 e. The second kappa shape index (κ2) is 15.1. The van der Waals surface area contributed by atoms with E-state index in [1.807, 2.05) is 13.8 Å². The lowest BCUT2D eigenvalue weighted by molar-refractivity contribution is -0.134. The summed E-state index contributed by atoms with van der Waals surface area (Å²) in [4.78, 5) is 51.8. The molecule has 0 aliphatic carbocycles. The number of piperidine rings is 1. The van der Waals surface area contributed by atoms with E-state index in [-0.39, 0.29) is 27.9 Å². The molecule has 252 valence electrons. The second-order valence-electron chi connectivity index (χ2n) is 10.9. The predicted molar refractivity (Wildman–Crippen MR) is 168 cm³/mol. The zero-order valence-electron chi connectivity index (χ0n) is 26.1. The molecule has 2 aromatic heterocycles. The number of rotatable bonds is 11. The summed E-state index contributed by atoms with van der Waals surface area (Å²) in [6.07, 6.45) is 6.29. The smallest absolute Gasteiger partial charge is 0.328 e. The topological polar surface area (TPSA) is 194 Å². The van der Waals surface area contributed by atoms with E-state index in [9.17, 15) is 27.6 Å². The van der Waals surface area contributed by atoms with Crippen molar-refractivity contribution in [3.05, 3.63) is 70.2 Å². The van der Waals surface area contributed by atoms with Gasteiger partial charge in [0.15, 0.2) is 18.1 Å². The van der Waals surface area contributed by atoms with Crippen LogP contribution in [0.5, 0.6) is 17.4 Å². The molecule has 0 spiro atoms. The van der Waals surface area contributed by atoms with E-state index in [1.165, 1.54) is 36.8 Å². The first kappa shape index (κ1) is 34.9. The molecule has 3 aromatic rings. The molecule has 1 aromatic carbocycles. The van der Waals surface area contributed by atoms with Crippen molar-refractivity contribution in [3.63, 3.8) is 0 Å². The number of nitrogens with zero attached hydrogens (tertiary/aromatic N) is 4. The fourth-order valence-corrected chi connectivity index (χ4v) is 6.56. The molecular weight excluding hydrogens is 636 g/mol. The molecule has 0 bridgehead atoms. The van der Waals surface area contributed by atoms with Gasteiger partial charge in [0.1, 0.15) is 17.3 Å². The Morgan fingerprint density at radius 3 is 2.32 bits per heavy atom. The number of pyridine rings is 1. The Labute approximate surface area is 270 Å². The van der Waals surface area contributed by atoms with E-state index in [0.29, 0.717) is 40.1 Å².